The molecule has 6 nitrogen and oxygen atoms in total. The van der Waals surface area contributed by atoms with Crippen LogP contribution in [0.5, 0.6) is 0 Å². The standard InChI is InChI=1S/C32H51N3O3S/c1-4-5-6-7-8-9-10-11-12-13-14-15-16-17-18-25-32(36)33-26-27-34-39(37,38)31-24-20-21-28-29(31)22-19-23-30(28)35(2)3/h11-12,19-24,34H,4-10,13-18,25-27H2,1-3H3,(H,33,36)/b12-11-. The second-order valence-corrected chi connectivity index (χ2v) is 12.3. The molecule has 2 N–H and O–H groups in total. The van der Waals surface area contributed by atoms with E-state index in [-0.39, 0.29) is 23.9 Å². The number of unbranched alkanes of at least 4 members (excludes halogenated alkanes) is 11. The maximum Gasteiger partial charge on any atom is 0.241 e. The van der Waals surface area contributed by atoms with E-state index >= 15 is 0 Å². The molecule has 2 rings (SSSR count). The van der Waals surface area contributed by atoms with Gasteiger partial charge in [-0.2, -0.15) is 0 Å². The molecule has 0 saturated carbocycles. The van der Waals surface area contributed by atoms with Crippen LogP contribution in [0.3, 0.4) is 0 Å². The van der Waals surface area contributed by atoms with Crippen LogP contribution in [0.4, 0.5) is 5.69 Å². The fraction of sp³-hybridized carbons (Fsp3) is 0.594. The molecule has 2 aromatic rings. The van der Waals surface area contributed by atoms with Crippen LogP contribution >= 0.6 is 0 Å². The topological polar surface area (TPSA) is 78.5 Å². The van der Waals surface area contributed by atoms with Gasteiger partial charge in [-0.15, -0.1) is 0 Å². The molecule has 0 heterocycles. The summed E-state index contributed by atoms with van der Waals surface area (Å²) in [5.41, 5.74) is 0.965. The van der Waals surface area contributed by atoms with E-state index in [1.54, 1.807) is 12.1 Å². The molecule has 0 aliphatic heterocycles. The number of hydrogen-bond donors (Lipinski definition) is 2. The van der Waals surface area contributed by atoms with Gasteiger partial charge in [-0.05, 0) is 44.2 Å². The Labute approximate surface area is 237 Å². The highest BCUT2D eigenvalue weighted by atomic mass is 32.2. The highest BCUT2D eigenvalue weighted by molar-refractivity contribution is 7.89. The van der Waals surface area contributed by atoms with E-state index in [1.807, 2.05) is 43.3 Å². The second kappa shape index (κ2) is 18.8. The minimum absolute atomic E-state index is 0.0207. The van der Waals surface area contributed by atoms with Crippen molar-refractivity contribution in [3.05, 3.63) is 48.6 Å². The van der Waals surface area contributed by atoms with Crippen LogP contribution < -0.4 is 14.9 Å². The highest BCUT2D eigenvalue weighted by Crippen LogP contribution is 2.30. The van der Waals surface area contributed by atoms with E-state index in [0.29, 0.717) is 11.8 Å². The zero-order chi connectivity index (χ0) is 28.3. The number of nitrogens with zero attached hydrogens (tertiary/aromatic N) is 1. The summed E-state index contributed by atoms with van der Waals surface area (Å²) in [5.74, 6) is -0.0207. The van der Waals surface area contributed by atoms with Gasteiger partial charge in [-0.25, -0.2) is 13.1 Å². The van der Waals surface area contributed by atoms with Crippen LogP contribution in [-0.2, 0) is 14.8 Å². The summed E-state index contributed by atoms with van der Waals surface area (Å²) in [5, 5.41) is 4.41. The smallest absolute Gasteiger partial charge is 0.241 e. The van der Waals surface area contributed by atoms with Crippen molar-refractivity contribution < 1.29 is 13.2 Å². The van der Waals surface area contributed by atoms with Crippen molar-refractivity contribution in [1.29, 1.82) is 0 Å². The van der Waals surface area contributed by atoms with Gasteiger partial charge in [0.15, 0.2) is 0 Å². The van der Waals surface area contributed by atoms with Crippen molar-refractivity contribution in [1.82, 2.24) is 10.0 Å². The second-order valence-electron chi connectivity index (χ2n) is 10.6. The van der Waals surface area contributed by atoms with Gasteiger partial charge in [-0.1, -0.05) is 94.7 Å². The van der Waals surface area contributed by atoms with Gasteiger partial charge in [0.1, 0.15) is 0 Å². The van der Waals surface area contributed by atoms with Crippen LogP contribution in [0.2, 0.25) is 0 Å². The van der Waals surface area contributed by atoms with E-state index in [0.717, 1.165) is 36.8 Å². The molecule has 2 aromatic carbocycles. The van der Waals surface area contributed by atoms with Crippen molar-refractivity contribution in [2.45, 2.75) is 102 Å². The lowest BCUT2D eigenvalue weighted by Crippen LogP contribution is -2.34. The van der Waals surface area contributed by atoms with E-state index in [2.05, 4.69) is 29.1 Å². The molecule has 1 amide bonds. The van der Waals surface area contributed by atoms with Crippen LogP contribution in [-0.4, -0.2) is 41.5 Å². The monoisotopic (exact) mass is 557 g/mol. The molecular weight excluding hydrogens is 506 g/mol. The Morgan fingerprint density at radius 1 is 0.769 bits per heavy atom. The molecule has 0 aliphatic carbocycles. The third kappa shape index (κ3) is 12.6. The molecule has 0 fully saturated rings. The molecule has 0 radical (unpaired) electrons. The maximum atomic E-state index is 13.0. The summed E-state index contributed by atoms with van der Waals surface area (Å²) in [6.45, 7) is 2.69. The first-order valence-corrected chi connectivity index (χ1v) is 16.5. The van der Waals surface area contributed by atoms with Crippen LogP contribution in [0, 0.1) is 0 Å². The van der Waals surface area contributed by atoms with Crippen molar-refractivity contribution in [2.75, 3.05) is 32.1 Å². The lowest BCUT2D eigenvalue weighted by molar-refractivity contribution is -0.121. The van der Waals surface area contributed by atoms with Crippen LogP contribution in [0.15, 0.2) is 53.4 Å². The molecule has 7 heteroatoms. The predicted octanol–water partition coefficient (Wildman–Crippen LogP) is 7.34. The largest absolute Gasteiger partial charge is 0.377 e. The first-order chi connectivity index (χ1) is 18.9. The highest BCUT2D eigenvalue weighted by Gasteiger charge is 2.18. The van der Waals surface area contributed by atoms with Crippen LogP contribution in [0.25, 0.3) is 10.8 Å². The predicted molar refractivity (Wildman–Crippen MR) is 166 cm³/mol. The molecule has 0 saturated heterocycles. The number of allylic oxidation sites excluding steroid dienone is 2. The third-order valence-electron chi connectivity index (χ3n) is 7.04. The molecule has 218 valence electrons. The average molecular weight is 558 g/mol. The minimum atomic E-state index is -3.70. The van der Waals surface area contributed by atoms with Crippen LogP contribution in [0.1, 0.15) is 96.8 Å². The number of carbonyl (C=O) groups is 1. The van der Waals surface area contributed by atoms with Crippen molar-refractivity contribution in [2.24, 2.45) is 0 Å². The summed E-state index contributed by atoms with van der Waals surface area (Å²) < 4.78 is 28.6. The summed E-state index contributed by atoms with van der Waals surface area (Å²) >= 11 is 0. The minimum Gasteiger partial charge on any atom is -0.377 e. The number of amides is 1. The summed E-state index contributed by atoms with van der Waals surface area (Å²) in [4.78, 5) is 14.4. The fourth-order valence-corrected chi connectivity index (χ4v) is 6.05. The molecular formula is C32H51N3O3S. The lowest BCUT2D eigenvalue weighted by atomic mass is 10.1. The number of carbonyl (C=O) groups excluding carboxylic acids is 1. The summed E-state index contributed by atoms with van der Waals surface area (Å²) in [6, 6.07) is 11.0. The normalized spacial score (nSPS) is 11.9. The number of sulfonamides is 1. The molecule has 0 aromatic heterocycles. The van der Waals surface area contributed by atoms with Gasteiger partial charge in [0.05, 0.1) is 4.90 Å². The molecule has 0 atom stereocenters. The Balaban J connectivity index is 1.55. The number of fused-ring (bicyclic) bond motifs is 1. The molecule has 0 spiro atoms. The van der Waals surface area contributed by atoms with E-state index < -0.39 is 10.0 Å². The number of nitrogens with one attached hydrogen (secondary N) is 2. The molecule has 0 bridgehead atoms. The van der Waals surface area contributed by atoms with E-state index in [1.165, 1.54) is 57.8 Å². The first-order valence-electron chi connectivity index (χ1n) is 15.0. The Kier molecular flexibility index (Phi) is 15.8. The quantitative estimate of drug-likeness (QED) is 0.124. The number of benzene rings is 2. The van der Waals surface area contributed by atoms with Crippen molar-refractivity contribution in [3.8, 4) is 0 Å². The van der Waals surface area contributed by atoms with Gasteiger partial charge in [-0.3, -0.25) is 4.79 Å². The molecule has 0 unspecified atom stereocenters. The molecule has 39 heavy (non-hydrogen) atoms. The Hall–Kier alpha value is -2.38. The van der Waals surface area contributed by atoms with Gasteiger partial charge in [0, 0.05) is 50.1 Å². The van der Waals surface area contributed by atoms with Crippen molar-refractivity contribution >= 4 is 32.4 Å². The number of anilines is 1. The van der Waals surface area contributed by atoms with E-state index in [4.69, 9.17) is 0 Å². The Morgan fingerprint density at radius 2 is 1.36 bits per heavy atom. The van der Waals surface area contributed by atoms with Crippen molar-refractivity contribution in [3.63, 3.8) is 0 Å². The lowest BCUT2D eigenvalue weighted by Gasteiger charge is -2.17. The van der Waals surface area contributed by atoms with Gasteiger partial charge < -0.3 is 10.2 Å². The Morgan fingerprint density at radius 3 is 2.03 bits per heavy atom. The third-order valence-corrected chi connectivity index (χ3v) is 8.55. The van der Waals surface area contributed by atoms with Gasteiger partial charge >= 0.3 is 0 Å². The average Bonchev–Trinajstić information content (AvgIpc) is 2.92. The summed E-state index contributed by atoms with van der Waals surface area (Å²) in [6.07, 6.45) is 21.1. The zero-order valence-electron chi connectivity index (χ0n) is 24.5. The Bertz CT molecular complexity index is 1110. The first kappa shape index (κ1) is 32.8. The zero-order valence-corrected chi connectivity index (χ0v) is 25.3. The van der Waals surface area contributed by atoms with E-state index in [9.17, 15) is 13.2 Å². The number of hydrogen-bond acceptors (Lipinski definition) is 4. The molecule has 0 aliphatic rings. The van der Waals surface area contributed by atoms with Gasteiger partial charge in [0.25, 0.3) is 0 Å². The SMILES string of the molecule is CCCCCCCC/C=C\CCCCCCCC(=O)NCCNS(=O)(=O)c1cccc2c(N(C)C)cccc12. The number of rotatable bonds is 21. The summed E-state index contributed by atoms with van der Waals surface area (Å²) in [7, 11) is 0.181. The van der Waals surface area contributed by atoms with Gasteiger partial charge in [0.2, 0.25) is 15.9 Å². The maximum absolute atomic E-state index is 13.0. The fourth-order valence-electron chi connectivity index (χ4n) is 4.80.